The van der Waals surface area contributed by atoms with E-state index in [4.69, 9.17) is 11.6 Å². The molecule has 0 saturated heterocycles. The number of alkyl halides is 1. The molecule has 7 heteroatoms. The molecule has 0 aliphatic heterocycles. The van der Waals surface area contributed by atoms with Gasteiger partial charge in [-0.05, 0) is 6.92 Å². The van der Waals surface area contributed by atoms with Crippen molar-refractivity contribution in [2.24, 2.45) is 0 Å². The molecule has 4 nitrogen and oxygen atoms in total. The van der Waals surface area contributed by atoms with E-state index in [1.54, 1.807) is 0 Å². The van der Waals surface area contributed by atoms with Crippen LogP contribution in [0, 0.1) is 5.82 Å². The fraction of sp³-hybridized carbons (Fsp3) is 0.429. The van der Waals surface area contributed by atoms with Crippen LogP contribution in [0.3, 0.4) is 0 Å². The summed E-state index contributed by atoms with van der Waals surface area (Å²) in [4.78, 5) is 6.77. The third kappa shape index (κ3) is 2.19. The van der Waals surface area contributed by atoms with E-state index >= 15 is 0 Å². The molecule has 1 unspecified atom stereocenters. The quantitative estimate of drug-likeness (QED) is 0.583. The zero-order valence-electron chi connectivity index (χ0n) is 7.31. The summed E-state index contributed by atoms with van der Waals surface area (Å²) in [5.74, 6) is -0.731. The Morgan fingerprint density at radius 1 is 1.50 bits per heavy atom. The topological polar surface area (TPSA) is 59.9 Å². The minimum Gasteiger partial charge on any atom is -0.224 e. The van der Waals surface area contributed by atoms with Crippen molar-refractivity contribution in [3.05, 3.63) is 18.2 Å². The van der Waals surface area contributed by atoms with E-state index < -0.39 is 26.1 Å². The van der Waals surface area contributed by atoms with Crippen LogP contribution in [0.4, 0.5) is 4.39 Å². The first-order valence-corrected chi connectivity index (χ1v) is 5.84. The molecule has 1 heterocycles. The van der Waals surface area contributed by atoms with Gasteiger partial charge in [-0.15, -0.1) is 11.6 Å². The molecule has 1 aromatic heterocycles. The monoisotopic (exact) mass is 238 g/mol. The zero-order chi connectivity index (χ0) is 10.8. The predicted octanol–water partition coefficient (Wildman–Crippen LogP) is 1.02. The molecule has 0 amide bonds. The largest absolute Gasteiger partial charge is 0.247 e. The van der Waals surface area contributed by atoms with Crippen molar-refractivity contribution in [1.82, 2.24) is 9.97 Å². The van der Waals surface area contributed by atoms with Gasteiger partial charge in [0.05, 0.1) is 17.6 Å². The van der Waals surface area contributed by atoms with Gasteiger partial charge in [0.15, 0.2) is 5.82 Å². The second-order valence-electron chi connectivity index (χ2n) is 2.69. The van der Waals surface area contributed by atoms with Gasteiger partial charge in [0.1, 0.15) is 0 Å². The number of nitrogens with zero attached hydrogens (tertiary/aromatic N) is 2. The van der Waals surface area contributed by atoms with E-state index in [1.165, 1.54) is 6.92 Å². The van der Waals surface area contributed by atoms with Gasteiger partial charge in [-0.2, -0.15) is 0 Å². The maximum Gasteiger partial charge on any atom is 0.247 e. The van der Waals surface area contributed by atoms with E-state index in [9.17, 15) is 12.8 Å². The third-order valence-electron chi connectivity index (χ3n) is 1.60. The van der Waals surface area contributed by atoms with Gasteiger partial charge in [-0.3, -0.25) is 0 Å². The van der Waals surface area contributed by atoms with Crippen molar-refractivity contribution < 1.29 is 12.8 Å². The molecule has 0 N–H and O–H groups in total. The van der Waals surface area contributed by atoms with Crippen LogP contribution in [0.15, 0.2) is 17.6 Å². The molecule has 0 aliphatic rings. The van der Waals surface area contributed by atoms with Crippen LogP contribution in [0.5, 0.6) is 0 Å². The molecule has 1 rings (SSSR count). The summed E-state index contributed by atoms with van der Waals surface area (Å²) in [7, 11) is -3.63. The zero-order valence-corrected chi connectivity index (χ0v) is 8.89. The van der Waals surface area contributed by atoms with Gasteiger partial charge in [0.2, 0.25) is 15.0 Å². The van der Waals surface area contributed by atoms with Gasteiger partial charge < -0.3 is 0 Å². The summed E-state index contributed by atoms with van der Waals surface area (Å²) in [5.41, 5.74) is 0. The molecule has 0 fully saturated rings. The van der Waals surface area contributed by atoms with Gasteiger partial charge in [0, 0.05) is 5.88 Å². The smallest absolute Gasteiger partial charge is 0.224 e. The maximum absolute atomic E-state index is 12.4. The molecule has 78 valence electrons. The Labute approximate surface area is 86.1 Å². The van der Waals surface area contributed by atoms with Crippen molar-refractivity contribution in [3.63, 3.8) is 0 Å². The standard InChI is InChI=1S/C7H8ClFN2O2S/c1-5(2-8)14(12,13)7-10-3-6(9)4-11-7/h3-5H,2H2,1H3. The molecule has 14 heavy (non-hydrogen) atoms. The van der Waals surface area contributed by atoms with Crippen LogP contribution in [0.1, 0.15) is 6.92 Å². The van der Waals surface area contributed by atoms with Crippen molar-refractivity contribution in [3.8, 4) is 0 Å². The lowest BCUT2D eigenvalue weighted by atomic mass is 10.6. The first-order valence-electron chi connectivity index (χ1n) is 3.76. The number of hydrogen-bond acceptors (Lipinski definition) is 4. The molecular weight excluding hydrogens is 231 g/mol. The highest BCUT2D eigenvalue weighted by Crippen LogP contribution is 2.11. The molecule has 0 saturated carbocycles. The third-order valence-corrected chi connectivity index (χ3v) is 4.19. The second kappa shape index (κ2) is 4.18. The van der Waals surface area contributed by atoms with Crippen molar-refractivity contribution in [1.29, 1.82) is 0 Å². The van der Waals surface area contributed by atoms with Crippen LogP contribution in [-0.2, 0) is 9.84 Å². The highest BCUT2D eigenvalue weighted by atomic mass is 35.5. The lowest BCUT2D eigenvalue weighted by molar-refractivity contribution is 0.569. The molecule has 0 aliphatic carbocycles. The Morgan fingerprint density at radius 3 is 2.43 bits per heavy atom. The Morgan fingerprint density at radius 2 is 2.00 bits per heavy atom. The van der Waals surface area contributed by atoms with Crippen LogP contribution in [-0.4, -0.2) is 29.5 Å². The van der Waals surface area contributed by atoms with Gasteiger partial charge >= 0.3 is 0 Å². The number of rotatable bonds is 3. The molecule has 0 radical (unpaired) electrons. The molecule has 0 spiro atoms. The fourth-order valence-corrected chi connectivity index (χ4v) is 2.13. The highest BCUT2D eigenvalue weighted by molar-refractivity contribution is 7.91. The van der Waals surface area contributed by atoms with Crippen molar-refractivity contribution in [2.45, 2.75) is 17.3 Å². The van der Waals surface area contributed by atoms with Crippen molar-refractivity contribution in [2.75, 3.05) is 5.88 Å². The lowest BCUT2D eigenvalue weighted by Gasteiger charge is -2.06. The van der Waals surface area contributed by atoms with E-state index in [1.807, 2.05) is 0 Å². The minimum atomic E-state index is -3.63. The summed E-state index contributed by atoms with van der Waals surface area (Å²) in [5, 5.41) is -1.18. The van der Waals surface area contributed by atoms with Crippen molar-refractivity contribution >= 4 is 21.4 Å². The summed E-state index contributed by atoms with van der Waals surface area (Å²) in [6.07, 6.45) is 1.61. The minimum absolute atomic E-state index is 0.0525. The Kier molecular flexibility index (Phi) is 3.38. The van der Waals surface area contributed by atoms with E-state index in [-0.39, 0.29) is 5.88 Å². The first kappa shape index (κ1) is 11.3. The molecule has 0 aromatic carbocycles. The number of aromatic nitrogens is 2. The first-order chi connectivity index (χ1) is 6.48. The fourth-order valence-electron chi connectivity index (χ4n) is 0.710. The van der Waals surface area contributed by atoms with Gasteiger partial charge in [-0.25, -0.2) is 22.8 Å². The molecular formula is C7H8ClFN2O2S. The van der Waals surface area contributed by atoms with Crippen LogP contribution in [0.25, 0.3) is 0 Å². The highest BCUT2D eigenvalue weighted by Gasteiger charge is 2.25. The van der Waals surface area contributed by atoms with E-state index in [2.05, 4.69) is 9.97 Å². The molecule has 1 atom stereocenters. The Balaban J connectivity index is 3.11. The summed E-state index contributed by atoms with van der Waals surface area (Å²) in [6.45, 7) is 1.44. The van der Waals surface area contributed by atoms with E-state index in [0.717, 1.165) is 12.4 Å². The second-order valence-corrected chi connectivity index (χ2v) is 5.26. The summed E-state index contributed by atoms with van der Waals surface area (Å²) in [6, 6.07) is 0. The average molecular weight is 239 g/mol. The van der Waals surface area contributed by atoms with E-state index in [0.29, 0.717) is 0 Å². The molecule has 0 bridgehead atoms. The SMILES string of the molecule is CC(CCl)S(=O)(=O)c1ncc(F)cn1. The normalized spacial score (nSPS) is 13.9. The maximum atomic E-state index is 12.4. The molecule has 1 aromatic rings. The van der Waals surface area contributed by atoms with Gasteiger partial charge in [-0.1, -0.05) is 0 Å². The lowest BCUT2D eigenvalue weighted by Crippen LogP contribution is -2.21. The van der Waals surface area contributed by atoms with Crippen LogP contribution < -0.4 is 0 Å². The summed E-state index contributed by atoms with van der Waals surface area (Å²) >= 11 is 5.41. The predicted molar refractivity (Wildman–Crippen MR) is 49.4 cm³/mol. The van der Waals surface area contributed by atoms with Crippen LogP contribution >= 0.6 is 11.6 Å². The Hall–Kier alpha value is -0.750. The van der Waals surface area contributed by atoms with Gasteiger partial charge in [0.25, 0.3) is 0 Å². The average Bonchev–Trinajstić information content (AvgIpc) is 2.17. The number of hydrogen-bond donors (Lipinski definition) is 0. The number of sulfone groups is 1. The van der Waals surface area contributed by atoms with Crippen LogP contribution in [0.2, 0.25) is 0 Å². The summed E-state index contributed by atoms with van der Waals surface area (Å²) < 4.78 is 35.5. The Bertz CT molecular complexity index is 406. The number of halogens is 2.